The Kier molecular flexibility index (Phi) is 3.84. The summed E-state index contributed by atoms with van der Waals surface area (Å²) >= 11 is 0. The molecular formula is C12H19N5O. The van der Waals surface area contributed by atoms with E-state index in [2.05, 4.69) is 57.2 Å². The first-order chi connectivity index (χ1) is 8.92. The van der Waals surface area contributed by atoms with Gasteiger partial charge in [0.2, 0.25) is 0 Å². The van der Waals surface area contributed by atoms with Crippen molar-refractivity contribution in [3.8, 4) is 0 Å². The van der Waals surface area contributed by atoms with Gasteiger partial charge in [0.1, 0.15) is 12.3 Å². The molecule has 6 nitrogen and oxygen atoms in total. The van der Waals surface area contributed by atoms with Gasteiger partial charge >= 0.3 is 0 Å². The van der Waals surface area contributed by atoms with Gasteiger partial charge in [0.05, 0.1) is 6.61 Å². The molecular weight excluding hydrogens is 230 g/mol. The lowest BCUT2D eigenvalue weighted by atomic mass is 10.1. The standard InChI is InChI=1S/C12H19N5O/c1-2-4-10(5-3-1)8-17-6-7-18-11(9-17)12-13-15-16-14-12/h1-5,11-16H,6-9H2. The lowest BCUT2D eigenvalue weighted by Crippen LogP contribution is -2.54. The normalized spacial score (nSPS) is 26.6. The fourth-order valence-corrected chi connectivity index (χ4v) is 2.37. The highest BCUT2D eigenvalue weighted by atomic mass is 16.5. The second-order valence-corrected chi connectivity index (χ2v) is 4.65. The fourth-order valence-electron chi connectivity index (χ4n) is 2.37. The Bertz CT molecular complexity index is 368. The summed E-state index contributed by atoms with van der Waals surface area (Å²) in [6.45, 7) is 3.66. The first-order valence-corrected chi connectivity index (χ1v) is 6.31. The number of hydrazine groups is 3. The molecule has 2 saturated heterocycles. The summed E-state index contributed by atoms with van der Waals surface area (Å²) in [6, 6.07) is 10.6. The van der Waals surface area contributed by atoms with E-state index in [0.717, 1.165) is 26.2 Å². The van der Waals surface area contributed by atoms with Crippen molar-refractivity contribution < 1.29 is 4.74 Å². The van der Waals surface area contributed by atoms with Crippen LogP contribution in [0, 0.1) is 0 Å². The number of benzene rings is 1. The minimum absolute atomic E-state index is 0.101. The van der Waals surface area contributed by atoms with Gasteiger partial charge in [-0.25, -0.2) is 10.9 Å². The van der Waals surface area contributed by atoms with E-state index < -0.39 is 0 Å². The molecule has 2 aliphatic rings. The molecule has 1 aromatic rings. The van der Waals surface area contributed by atoms with E-state index in [-0.39, 0.29) is 12.3 Å². The SMILES string of the molecule is c1ccc(CN2CCOC(C3NNNN3)C2)cc1. The Morgan fingerprint density at radius 2 is 1.94 bits per heavy atom. The fraction of sp³-hybridized carbons (Fsp3) is 0.500. The number of morpholine rings is 1. The molecule has 1 atom stereocenters. The quantitative estimate of drug-likeness (QED) is 0.570. The number of ether oxygens (including phenoxy) is 1. The van der Waals surface area contributed by atoms with Crippen molar-refractivity contribution >= 4 is 0 Å². The van der Waals surface area contributed by atoms with Crippen LogP contribution in [0.25, 0.3) is 0 Å². The number of rotatable bonds is 3. The molecule has 0 spiro atoms. The van der Waals surface area contributed by atoms with Gasteiger partial charge in [-0.3, -0.25) is 4.90 Å². The summed E-state index contributed by atoms with van der Waals surface area (Å²) in [6.07, 6.45) is 0.244. The van der Waals surface area contributed by atoms with E-state index in [1.807, 2.05) is 0 Å². The molecule has 2 fully saturated rings. The molecule has 0 aromatic heterocycles. The van der Waals surface area contributed by atoms with Crippen molar-refractivity contribution in [1.82, 2.24) is 26.8 Å². The van der Waals surface area contributed by atoms with Gasteiger partial charge in [-0.1, -0.05) is 30.3 Å². The monoisotopic (exact) mass is 249 g/mol. The molecule has 0 saturated carbocycles. The first-order valence-electron chi connectivity index (χ1n) is 6.31. The molecule has 18 heavy (non-hydrogen) atoms. The van der Waals surface area contributed by atoms with Crippen LogP contribution in [0.5, 0.6) is 0 Å². The van der Waals surface area contributed by atoms with Crippen LogP contribution in [0.4, 0.5) is 0 Å². The van der Waals surface area contributed by atoms with Crippen molar-refractivity contribution in [2.45, 2.75) is 18.8 Å². The van der Waals surface area contributed by atoms with E-state index in [9.17, 15) is 0 Å². The van der Waals surface area contributed by atoms with Crippen molar-refractivity contribution in [2.75, 3.05) is 19.7 Å². The summed E-state index contributed by atoms with van der Waals surface area (Å²) in [5, 5.41) is 0. The van der Waals surface area contributed by atoms with E-state index in [1.54, 1.807) is 0 Å². The molecule has 4 N–H and O–H groups in total. The van der Waals surface area contributed by atoms with Crippen LogP contribution >= 0.6 is 0 Å². The minimum Gasteiger partial charge on any atom is -0.372 e. The van der Waals surface area contributed by atoms with E-state index in [4.69, 9.17) is 4.74 Å². The van der Waals surface area contributed by atoms with Crippen LogP contribution in [0.1, 0.15) is 5.56 Å². The molecule has 98 valence electrons. The van der Waals surface area contributed by atoms with E-state index in [0.29, 0.717) is 0 Å². The maximum Gasteiger partial charge on any atom is 0.113 e. The van der Waals surface area contributed by atoms with Crippen molar-refractivity contribution in [1.29, 1.82) is 0 Å². The van der Waals surface area contributed by atoms with Crippen molar-refractivity contribution in [3.63, 3.8) is 0 Å². The van der Waals surface area contributed by atoms with Gasteiger partial charge < -0.3 is 4.74 Å². The zero-order chi connectivity index (χ0) is 12.2. The van der Waals surface area contributed by atoms with Crippen LogP contribution in [0.15, 0.2) is 30.3 Å². The summed E-state index contributed by atoms with van der Waals surface area (Å²) in [5.41, 5.74) is 13.2. The van der Waals surface area contributed by atoms with Crippen molar-refractivity contribution in [3.05, 3.63) is 35.9 Å². The van der Waals surface area contributed by atoms with Gasteiger partial charge in [-0.05, 0) is 5.56 Å². The summed E-state index contributed by atoms with van der Waals surface area (Å²) < 4.78 is 5.78. The molecule has 0 amide bonds. The maximum absolute atomic E-state index is 5.78. The van der Waals surface area contributed by atoms with Crippen LogP contribution in [-0.4, -0.2) is 36.9 Å². The summed E-state index contributed by atoms with van der Waals surface area (Å²) in [5.74, 6) is 0. The molecule has 2 heterocycles. The van der Waals surface area contributed by atoms with Crippen LogP contribution < -0.4 is 21.9 Å². The second-order valence-electron chi connectivity index (χ2n) is 4.65. The smallest absolute Gasteiger partial charge is 0.113 e. The third-order valence-electron chi connectivity index (χ3n) is 3.32. The van der Waals surface area contributed by atoms with Crippen LogP contribution in [0.2, 0.25) is 0 Å². The lowest BCUT2D eigenvalue weighted by Gasteiger charge is -2.35. The lowest BCUT2D eigenvalue weighted by molar-refractivity contribution is -0.0509. The van der Waals surface area contributed by atoms with Gasteiger partial charge in [0.25, 0.3) is 0 Å². The number of hydrogen-bond donors (Lipinski definition) is 4. The highest BCUT2D eigenvalue weighted by molar-refractivity contribution is 5.14. The highest BCUT2D eigenvalue weighted by Crippen LogP contribution is 2.12. The molecule has 0 bridgehead atoms. The Balaban J connectivity index is 1.56. The molecule has 3 rings (SSSR count). The minimum atomic E-state index is 0.101. The zero-order valence-electron chi connectivity index (χ0n) is 10.2. The van der Waals surface area contributed by atoms with Gasteiger partial charge in [0, 0.05) is 19.6 Å². The van der Waals surface area contributed by atoms with Crippen LogP contribution in [-0.2, 0) is 11.3 Å². The Morgan fingerprint density at radius 1 is 1.17 bits per heavy atom. The Hall–Kier alpha value is -1.02. The third-order valence-corrected chi connectivity index (χ3v) is 3.32. The molecule has 0 radical (unpaired) electrons. The summed E-state index contributed by atoms with van der Waals surface area (Å²) in [4.78, 5) is 2.42. The number of nitrogens with one attached hydrogen (secondary N) is 4. The highest BCUT2D eigenvalue weighted by Gasteiger charge is 2.29. The van der Waals surface area contributed by atoms with Crippen LogP contribution in [0.3, 0.4) is 0 Å². The number of nitrogens with zero attached hydrogens (tertiary/aromatic N) is 1. The third kappa shape index (κ3) is 2.86. The van der Waals surface area contributed by atoms with E-state index in [1.165, 1.54) is 5.56 Å². The largest absolute Gasteiger partial charge is 0.372 e. The van der Waals surface area contributed by atoms with E-state index >= 15 is 0 Å². The topological polar surface area (TPSA) is 60.6 Å². The molecule has 1 aromatic carbocycles. The van der Waals surface area contributed by atoms with Gasteiger partial charge in [-0.15, -0.1) is 0 Å². The Labute approximate surface area is 107 Å². The average Bonchev–Trinajstić information content (AvgIpc) is 2.94. The van der Waals surface area contributed by atoms with Gasteiger partial charge in [0.15, 0.2) is 0 Å². The predicted octanol–water partition coefficient (Wildman–Crippen LogP) is -0.669. The Morgan fingerprint density at radius 3 is 2.72 bits per heavy atom. The molecule has 2 aliphatic heterocycles. The predicted molar refractivity (Wildman–Crippen MR) is 67.8 cm³/mol. The first kappa shape index (κ1) is 12.0. The zero-order valence-corrected chi connectivity index (χ0v) is 10.2. The maximum atomic E-state index is 5.78. The molecule has 6 heteroatoms. The summed E-state index contributed by atoms with van der Waals surface area (Å²) in [7, 11) is 0. The van der Waals surface area contributed by atoms with Gasteiger partial charge in [-0.2, -0.15) is 11.1 Å². The average molecular weight is 249 g/mol. The molecule has 1 unspecified atom stereocenters. The molecule has 0 aliphatic carbocycles. The second kappa shape index (κ2) is 5.75. The number of hydrogen-bond acceptors (Lipinski definition) is 6. The van der Waals surface area contributed by atoms with Crippen molar-refractivity contribution in [2.24, 2.45) is 0 Å².